The van der Waals surface area contributed by atoms with Gasteiger partial charge in [-0.1, -0.05) is 0 Å². The normalized spacial score (nSPS) is 24.4. The van der Waals surface area contributed by atoms with E-state index in [4.69, 9.17) is 4.74 Å². The maximum atomic E-state index is 12.6. The number of fused-ring (bicyclic) bond motifs is 2. The van der Waals surface area contributed by atoms with Gasteiger partial charge in [-0.25, -0.2) is 9.69 Å². The zero-order valence-corrected chi connectivity index (χ0v) is 11.5. The molecule has 2 unspecified atom stereocenters. The van der Waals surface area contributed by atoms with Gasteiger partial charge in [-0.2, -0.15) is 0 Å². The van der Waals surface area contributed by atoms with Gasteiger partial charge in [0.2, 0.25) is 0 Å². The quantitative estimate of drug-likeness (QED) is 0.809. The molecule has 0 saturated carbocycles. The maximum absolute atomic E-state index is 12.6. The minimum absolute atomic E-state index is 0.190. The Balaban J connectivity index is 2.18. The molecule has 7 heteroatoms. The van der Waals surface area contributed by atoms with Gasteiger partial charge < -0.3 is 19.8 Å². The summed E-state index contributed by atoms with van der Waals surface area (Å²) in [7, 11) is 1.48. The first-order chi connectivity index (χ1) is 10.0. The summed E-state index contributed by atoms with van der Waals surface area (Å²) in [4.78, 5) is 26.6. The molecule has 3 rings (SSSR count). The van der Waals surface area contributed by atoms with E-state index in [2.05, 4.69) is 0 Å². The topological polar surface area (TPSA) is 90.3 Å². The van der Waals surface area contributed by atoms with Crippen LogP contribution in [0, 0.1) is 0 Å². The smallest absolute Gasteiger partial charge is 0.414 e. The van der Waals surface area contributed by atoms with E-state index in [1.54, 1.807) is 11.0 Å². The molecule has 0 radical (unpaired) electrons. The van der Waals surface area contributed by atoms with Crippen molar-refractivity contribution in [2.45, 2.75) is 25.1 Å². The molecule has 21 heavy (non-hydrogen) atoms. The lowest BCUT2D eigenvalue weighted by molar-refractivity contribution is 0.0511. The summed E-state index contributed by atoms with van der Waals surface area (Å²) in [6, 6.07) is 4.07. The van der Waals surface area contributed by atoms with Gasteiger partial charge in [0.05, 0.1) is 24.4 Å². The lowest BCUT2D eigenvalue weighted by Crippen LogP contribution is -2.50. The zero-order valence-electron chi connectivity index (χ0n) is 11.5. The number of carbonyl (C=O) groups is 2. The van der Waals surface area contributed by atoms with Crippen molar-refractivity contribution in [3.8, 4) is 5.75 Å². The van der Waals surface area contributed by atoms with Crippen molar-refractivity contribution in [2.75, 3.05) is 18.6 Å². The van der Waals surface area contributed by atoms with Gasteiger partial charge in [0.25, 0.3) is 5.91 Å². The predicted molar refractivity (Wildman–Crippen MR) is 73.6 cm³/mol. The molecular formula is C14H16N2O5. The van der Waals surface area contributed by atoms with Gasteiger partial charge in [-0.05, 0) is 31.0 Å². The number of hydrogen-bond donors (Lipinski definition) is 2. The molecule has 2 N–H and O–H groups in total. The molecule has 1 fully saturated rings. The Bertz CT molecular complexity index is 603. The van der Waals surface area contributed by atoms with E-state index in [1.807, 2.05) is 0 Å². The van der Waals surface area contributed by atoms with E-state index in [0.29, 0.717) is 18.7 Å². The Morgan fingerprint density at radius 3 is 2.86 bits per heavy atom. The molecule has 0 aliphatic carbocycles. The first-order valence-electron chi connectivity index (χ1n) is 6.74. The molecule has 1 saturated heterocycles. The highest BCUT2D eigenvalue weighted by molar-refractivity contribution is 6.05. The Morgan fingerprint density at radius 1 is 1.43 bits per heavy atom. The fourth-order valence-electron chi connectivity index (χ4n) is 3.06. The Morgan fingerprint density at radius 2 is 2.19 bits per heavy atom. The van der Waals surface area contributed by atoms with E-state index >= 15 is 0 Å². The van der Waals surface area contributed by atoms with Crippen LogP contribution in [0.4, 0.5) is 10.5 Å². The summed E-state index contributed by atoms with van der Waals surface area (Å²) in [6.45, 7) is 0.519. The van der Waals surface area contributed by atoms with Crippen LogP contribution in [0.3, 0.4) is 0 Å². The van der Waals surface area contributed by atoms with Crippen LogP contribution in [-0.4, -0.2) is 53.0 Å². The number of aliphatic hydroxyl groups is 1. The van der Waals surface area contributed by atoms with Crippen molar-refractivity contribution >= 4 is 17.7 Å². The zero-order chi connectivity index (χ0) is 15.1. The molecule has 1 aromatic rings. The number of anilines is 1. The monoisotopic (exact) mass is 292 g/mol. The van der Waals surface area contributed by atoms with Crippen LogP contribution in [0.2, 0.25) is 0 Å². The van der Waals surface area contributed by atoms with Gasteiger partial charge >= 0.3 is 6.09 Å². The first kappa shape index (κ1) is 13.7. The van der Waals surface area contributed by atoms with Gasteiger partial charge in [0.15, 0.2) is 6.23 Å². The van der Waals surface area contributed by atoms with Crippen molar-refractivity contribution in [1.82, 2.24) is 4.90 Å². The molecule has 2 heterocycles. The number of carbonyl (C=O) groups excluding carboxylic acids is 1. The Labute approximate surface area is 121 Å². The number of hydrogen-bond acceptors (Lipinski definition) is 4. The van der Waals surface area contributed by atoms with Crippen LogP contribution in [0.5, 0.6) is 5.75 Å². The number of methoxy groups -OCH3 is 1. The highest BCUT2D eigenvalue weighted by Crippen LogP contribution is 2.36. The Hall–Kier alpha value is -2.28. The SMILES string of the molecule is COc1ccc2c(c1)C(=O)N1CCCC1C(O)N2C(=O)O. The average molecular weight is 292 g/mol. The van der Waals surface area contributed by atoms with Crippen molar-refractivity contribution in [3.05, 3.63) is 23.8 Å². The molecule has 2 amide bonds. The summed E-state index contributed by atoms with van der Waals surface area (Å²) in [6.07, 6.45) is -1.21. The number of rotatable bonds is 1. The van der Waals surface area contributed by atoms with Gasteiger partial charge in [0, 0.05) is 6.54 Å². The maximum Gasteiger partial charge on any atom is 0.414 e. The molecule has 1 aromatic carbocycles. The van der Waals surface area contributed by atoms with Crippen molar-refractivity contribution in [1.29, 1.82) is 0 Å². The summed E-state index contributed by atoms with van der Waals surface area (Å²) in [5, 5.41) is 19.8. The molecule has 2 aliphatic rings. The molecular weight excluding hydrogens is 276 g/mol. The number of nitrogens with zero attached hydrogens (tertiary/aromatic N) is 2. The van der Waals surface area contributed by atoms with Crippen LogP contribution in [0.1, 0.15) is 23.2 Å². The molecule has 2 atom stereocenters. The minimum Gasteiger partial charge on any atom is -0.497 e. The van der Waals surface area contributed by atoms with Crippen LogP contribution in [0.25, 0.3) is 0 Å². The molecule has 0 aromatic heterocycles. The van der Waals surface area contributed by atoms with Gasteiger partial charge in [0.1, 0.15) is 5.75 Å². The summed E-state index contributed by atoms with van der Waals surface area (Å²) >= 11 is 0. The molecule has 0 spiro atoms. The highest BCUT2D eigenvalue weighted by atomic mass is 16.5. The number of carboxylic acid groups (broad SMARTS) is 1. The van der Waals surface area contributed by atoms with E-state index < -0.39 is 18.4 Å². The van der Waals surface area contributed by atoms with Crippen LogP contribution in [-0.2, 0) is 0 Å². The van der Waals surface area contributed by atoms with E-state index in [-0.39, 0.29) is 17.2 Å². The minimum atomic E-state index is -1.28. The van der Waals surface area contributed by atoms with Crippen LogP contribution >= 0.6 is 0 Å². The molecule has 0 bridgehead atoms. The standard InChI is InChI=1S/C14H16N2O5/c1-21-8-4-5-10-9(7-8)12(17)15-6-2-3-11(15)13(18)16(10)14(19)20/h4-5,7,11,13,18H,2-3,6H2,1H3,(H,19,20). The fraction of sp³-hybridized carbons (Fsp3) is 0.429. The van der Waals surface area contributed by atoms with Crippen LogP contribution < -0.4 is 9.64 Å². The molecule has 7 nitrogen and oxygen atoms in total. The van der Waals surface area contributed by atoms with E-state index in [1.165, 1.54) is 19.2 Å². The second kappa shape index (κ2) is 4.92. The fourth-order valence-corrected chi connectivity index (χ4v) is 3.06. The number of ether oxygens (including phenoxy) is 1. The second-order valence-electron chi connectivity index (χ2n) is 5.16. The van der Waals surface area contributed by atoms with E-state index in [0.717, 1.165) is 11.3 Å². The van der Waals surface area contributed by atoms with Gasteiger partial charge in [-0.3, -0.25) is 4.79 Å². The van der Waals surface area contributed by atoms with Gasteiger partial charge in [-0.15, -0.1) is 0 Å². The third-order valence-electron chi connectivity index (χ3n) is 4.07. The van der Waals surface area contributed by atoms with Crippen molar-refractivity contribution in [2.24, 2.45) is 0 Å². The lowest BCUT2D eigenvalue weighted by atomic mass is 10.1. The third-order valence-corrected chi connectivity index (χ3v) is 4.07. The average Bonchev–Trinajstić information content (AvgIpc) is 2.93. The second-order valence-corrected chi connectivity index (χ2v) is 5.16. The number of amides is 2. The highest BCUT2D eigenvalue weighted by Gasteiger charge is 2.44. The third kappa shape index (κ3) is 2.01. The molecule has 2 aliphatic heterocycles. The molecule has 112 valence electrons. The largest absolute Gasteiger partial charge is 0.497 e. The predicted octanol–water partition coefficient (Wildman–Crippen LogP) is 1.12. The summed E-state index contributed by atoms with van der Waals surface area (Å²) in [5.41, 5.74) is 0.426. The van der Waals surface area contributed by atoms with Crippen molar-refractivity contribution in [3.63, 3.8) is 0 Å². The lowest BCUT2D eigenvalue weighted by Gasteiger charge is -2.30. The first-order valence-corrected chi connectivity index (χ1v) is 6.74. The van der Waals surface area contributed by atoms with E-state index in [9.17, 15) is 19.8 Å². The number of benzene rings is 1. The Kier molecular flexibility index (Phi) is 3.21. The summed E-state index contributed by atoms with van der Waals surface area (Å²) < 4.78 is 5.10. The van der Waals surface area contributed by atoms with Crippen LogP contribution in [0.15, 0.2) is 18.2 Å². The summed E-state index contributed by atoms with van der Waals surface area (Å²) in [5.74, 6) is 0.203. The van der Waals surface area contributed by atoms with Crippen molar-refractivity contribution < 1.29 is 24.5 Å². The number of aliphatic hydroxyl groups excluding tert-OH is 1.